The Labute approximate surface area is 160 Å². The molecule has 3 N–H and O–H groups in total. The van der Waals surface area contributed by atoms with E-state index < -0.39 is 17.1 Å². The SMILES string of the molecule is O=C=NC1CCC(CC2CCC(N=C=O)CC2)CC1.O=c1[nH]c(=O)[nH]c(=O)[nH]1. The molecule has 0 radical (unpaired) electrons. The number of aromatic nitrogens is 3. The number of rotatable bonds is 4. The van der Waals surface area contributed by atoms with Gasteiger partial charge in [0.15, 0.2) is 0 Å². The highest BCUT2D eigenvalue weighted by Gasteiger charge is 2.26. The lowest BCUT2D eigenvalue weighted by Gasteiger charge is -2.31. The average molecular weight is 391 g/mol. The van der Waals surface area contributed by atoms with Crippen LogP contribution >= 0.6 is 0 Å². The summed E-state index contributed by atoms with van der Waals surface area (Å²) in [5, 5.41) is 0. The molecule has 0 amide bonds. The van der Waals surface area contributed by atoms with E-state index in [2.05, 4.69) is 9.98 Å². The number of hydrogen-bond acceptors (Lipinski definition) is 7. The number of nitrogens with zero attached hydrogens (tertiary/aromatic N) is 2. The number of isocyanates is 2. The molecular formula is C18H25N5O5. The van der Waals surface area contributed by atoms with Gasteiger partial charge in [-0.05, 0) is 69.6 Å². The first-order valence-electron chi connectivity index (χ1n) is 9.57. The van der Waals surface area contributed by atoms with Gasteiger partial charge in [0.2, 0.25) is 12.2 Å². The van der Waals surface area contributed by atoms with Gasteiger partial charge in [0.05, 0.1) is 12.1 Å². The minimum atomic E-state index is -0.802. The highest BCUT2D eigenvalue weighted by Crippen LogP contribution is 2.36. The molecule has 2 aliphatic carbocycles. The van der Waals surface area contributed by atoms with Crippen molar-refractivity contribution in [3.8, 4) is 0 Å². The molecule has 2 saturated carbocycles. The van der Waals surface area contributed by atoms with E-state index in [1.54, 1.807) is 27.1 Å². The predicted molar refractivity (Wildman–Crippen MR) is 101 cm³/mol. The molecule has 0 atom stereocenters. The zero-order valence-corrected chi connectivity index (χ0v) is 15.6. The zero-order valence-electron chi connectivity index (χ0n) is 15.6. The minimum absolute atomic E-state index is 0.228. The Hall–Kier alpha value is -2.83. The Morgan fingerprint density at radius 2 is 0.964 bits per heavy atom. The van der Waals surface area contributed by atoms with Crippen molar-refractivity contribution >= 4 is 12.2 Å². The van der Waals surface area contributed by atoms with Gasteiger partial charge in [0, 0.05) is 0 Å². The highest BCUT2D eigenvalue weighted by atomic mass is 16.2. The summed E-state index contributed by atoms with van der Waals surface area (Å²) in [6.45, 7) is 0. The van der Waals surface area contributed by atoms with E-state index in [4.69, 9.17) is 0 Å². The first-order chi connectivity index (χ1) is 13.5. The van der Waals surface area contributed by atoms with E-state index in [9.17, 15) is 24.0 Å². The van der Waals surface area contributed by atoms with E-state index in [1.807, 2.05) is 0 Å². The molecule has 1 aromatic heterocycles. The van der Waals surface area contributed by atoms with Crippen molar-refractivity contribution in [1.82, 2.24) is 15.0 Å². The maximum atomic E-state index is 10.2. The van der Waals surface area contributed by atoms with Crippen LogP contribution in [0.25, 0.3) is 0 Å². The first kappa shape index (κ1) is 21.5. The molecule has 0 aromatic carbocycles. The normalized spacial score (nSPS) is 26.7. The van der Waals surface area contributed by atoms with Crippen LogP contribution in [-0.2, 0) is 9.59 Å². The number of nitrogens with one attached hydrogen (secondary N) is 3. The van der Waals surface area contributed by atoms with Gasteiger partial charge in [-0.2, -0.15) is 0 Å². The highest BCUT2D eigenvalue weighted by molar-refractivity contribution is 5.33. The molecule has 0 saturated heterocycles. The largest absolute Gasteiger partial charge is 0.330 e. The third-order valence-electron chi connectivity index (χ3n) is 5.45. The summed E-state index contributed by atoms with van der Waals surface area (Å²) in [7, 11) is 0. The molecule has 2 fully saturated rings. The summed E-state index contributed by atoms with van der Waals surface area (Å²) in [5.74, 6) is 1.60. The molecule has 0 aliphatic heterocycles. The van der Waals surface area contributed by atoms with Crippen molar-refractivity contribution in [2.75, 3.05) is 0 Å². The summed E-state index contributed by atoms with van der Waals surface area (Å²) in [6, 6.07) is 0.456. The molecular weight excluding hydrogens is 366 g/mol. The van der Waals surface area contributed by atoms with Gasteiger partial charge in [-0.1, -0.05) is 0 Å². The molecule has 1 aromatic rings. The van der Waals surface area contributed by atoms with E-state index in [-0.39, 0.29) is 12.1 Å². The lowest BCUT2D eigenvalue weighted by molar-refractivity contribution is 0.226. The van der Waals surface area contributed by atoms with Crippen LogP contribution in [0.1, 0.15) is 57.8 Å². The fourth-order valence-electron chi connectivity index (χ4n) is 4.04. The van der Waals surface area contributed by atoms with Crippen molar-refractivity contribution in [2.24, 2.45) is 21.8 Å². The number of aromatic amines is 3. The van der Waals surface area contributed by atoms with Gasteiger partial charge in [-0.3, -0.25) is 15.0 Å². The van der Waals surface area contributed by atoms with Crippen molar-refractivity contribution in [1.29, 1.82) is 0 Å². The van der Waals surface area contributed by atoms with Crippen molar-refractivity contribution in [2.45, 2.75) is 69.9 Å². The fourth-order valence-corrected chi connectivity index (χ4v) is 4.04. The smallest absolute Gasteiger partial charge is 0.259 e. The van der Waals surface area contributed by atoms with Crippen LogP contribution in [-0.4, -0.2) is 39.2 Å². The predicted octanol–water partition coefficient (Wildman–Crippen LogP) is 0.917. The lowest BCUT2D eigenvalue weighted by atomic mass is 9.76. The van der Waals surface area contributed by atoms with Crippen LogP contribution in [0.3, 0.4) is 0 Å². The van der Waals surface area contributed by atoms with Gasteiger partial charge in [0.25, 0.3) is 0 Å². The van der Waals surface area contributed by atoms with Crippen molar-refractivity contribution < 1.29 is 9.59 Å². The number of hydrogen-bond donors (Lipinski definition) is 3. The van der Waals surface area contributed by atoms with Crippen LogP contribution in [0.2, 0.25) is 0 Å². The fraction of sp³-hybridized carbons (Fsp3) is 0.722. The molecule has 3 rings (SSSR count). The number of carbonyl (C=O) groups excluding carboxylic acids is 2. The summed E-state index contributed by atoms with van der Waals surface area (Å²) < 4.78 is 0. The van der Waals surface area contributed by atoms with Gasteiger partial charge < -0.3 is 0 Å². The Balaban J connectivity index is 0.000000261. The van der Waals surface area contributed by atoms with Crippen LogP contribution in [0.15, 0.2) is 24.4 Å². The summed E-state index contributed by atoms with van der Waals surface area (Å²) in [6.07, 6.45) is 13.6. The average Bonchev–Trinajstić information content (AvgIpc) is 2.65. The van der Waals surface area contributed by atoms with Gasteiger partial charge in [-0.15, -0.1) is 0 Å². The van der Waals surface area contributed by atoms with E-state index >= 15 is 0 Å². The van der Waals surface area contributed by atoms with Gasteiger partial charge >= 0.3 is 17.1 Å². The standard InChI is InChI=1S/C15H22N2O2.C3H3N3O3/c18-10-16-14-5-1-12(2-6-14)9-13-3-7-15(8-4-13)17-11-19;7-1-4-2(8)6-3(9)5-1/h12-15H,1-9H2;(H3,4,5,6,7,8,9). The van der Waals surface area contributed by atoms with Crippen LogP contribution in [0.4, 0.5) is 0 Å². The molecule has 10 nitrogen and oxygen atoms in total. The molecule has 152 valence electrons. The number of aliphatic imine (C=N–C) groups is 2. The molecule has 2 aliphatic rings. The Kier molecular flexibility index (Phi) is 8.52. The Bertz CT molecular complexity index is 760. The molecule has 0 spiro atoms. The van der Waals surface area contributed by atoms with Crippen LogP contribution < -0.4 is 17.1 Å². The van der Waals surface area contributed by atoms with Crippen LogP contribution in [0.5, 0.6) is 0 Å². The monoisotopic (exact) mass is 391 g/mol. The van der Waals surface area contributed by atoms with E-state index in [1.165, 1.54) is 32.1 Å². The van der Waals surface area contributed by atoms with E-state index in [0.717, 1.165) is 37.5 Å². The van der Waals surface area contributed by atoms with Crippen molar-refractivity contribution in [3.63, 3.8) is 0 Å². The number of H-pyrrole nitrogens is 3. The van der Waals surface area contributed by atoms with Gasteiger partial charge in [0.1, 0.15) is 0 Å². The third kappa shape index (κ3) is 7.42. The minimum Gasteiger partial charge on any atom is -0.259 e. The molecule has 10 heteroatoms. The summed E-state index contributed by atoms with van der Waals surface area (Å²) in [4.78, 5) is 64.0. The second-order valence-electron chi connectivity index (χ2n) is 7.39. The third-order valence-corrected chi connectivity index (χ3v) is 5.45. The van der Waals surface area contributed by atoms with Crippen LogP contribution in [0, 0.1) is 11.8 Å². The lowest BCUT2D eigenvalue weighted by Crippen LogP contribution is -2.34. The molecule has 1 heterocycles. The molecule has 0 unspecified atom stereocenters. The topological polar surface area (TPSA) is 157 Å². The Morgan fingerprint density at radius 3 is 1.25 bits per heavy atom. The van der Waals surface area contributed by atoms with E-state index in [0.29, 0.717) is 0 Å². The summed E-state index contributed by atoms with van der Waals surface area (Å²) in [5.41, 5.74) is -2.41. The first-order valence-corrected chi connectivity index (χ1v) is 9.57. The van der Waals surface area contributed by atoms with Crippen molar-refractivity contribution in [3.05, 3.63) is 31.5 Å². The Morgan fingerprint density at radius 1 is 0.643 bits per heavy atom. The quantitative estimate of drug-likeness (QED) is 0.513. The molecule has 0 bridgehead atoms. The molecule has 28 heavy (non-hydrogen) atoms. The maximum absolute atomic E-state index is 10.2. The maximum Gasteiger partial charge on any atom is 0.330 e. The zero-order chi connectivity index (χ0) is 20.4. The second-order valence-corrected chi connectivity index (χ2v) is 7.39. The van der Waals surface area contributed by atoms with Gasteiger partial charge in [-0.25, -0.2) is 34.0 Å². The summed E-state index contributed by atoms with van der Waals surface area (Å²) >= 11 is 0. The second kappa shape index (κ2) is 11.1.